The smallest absolute Gasteiger partial charge is 0.208 e. The number of nitrogens with one attached hydrogen (secondary N) is 3. The van der Waals surface area contributed by atoms with Gasteiger partial charge in [0.05, 0.1) is 18.1 Å². The standard InChI is InChI=1S/C15H22N4O2S/c1-12-4-6-13(7-5-12)15-14(11-17-19-15)10-16-8-3-9-18-22(2,20)21/h4-7,11,16,18H,3,8-10H2,1-2H3,(H,17,19). The molecule has 2 aromatic rings. The Morgan fingerprint density at radius 1 is 1.18 bits per heavy atom. The van der Waals surface area contributed by atoms with Crippen molar-refractivity contribution in [2.24, 2.45) is 0 Å². The molecule has 0 unspecified atom stereocenters. The largest absolute Gasteiger partial charge is 0.312 e. The molecule has 0 saturated heterocycles. The van der Waals surface area contributed by atoms with Gasteiger partial charge in [-0.25, -0.2) is 13.1 Å². The molecule has 0 bridgehead atoms. The minimum absolute atomic E-state index is 0.446. The summed E-state index contributed by atoms with van der Waals surface area (Å²) in [4.78, 5) is 0. The maximum atomic E-state index is 10.9. The highest BCUT2D eigenvalue weighted by molar-refractivity contribution is 7.88. The van der Waals surface area contributed by atoms with Crippen molar-refractivity contribution in [3.63, 3.8) is 0 Å². The Hall–Kier alpha value is -1.70. The predicted molar refractivity (Wildman–Crippen MR) is 87.9 cm³/mol. The van der Waals surface area contributed by atoms with Crippen LogP contribution in [0.5, 0.6) is 0 Å². The van der Waals surface area contributed by atoms with Crippen molar-refractivity contribution >= 4 is 10.0 Å². The molecule has 0 aliphatic carbocycles. The first-order chi connectivity index (χ1) is 10.5. The average Bonchev–Trinajstić information content (AvgIpc) is 2.91. The molecule has 0 aliphatic heterocycles. The molecule has 1 heterocycles. The maximum absolute atomic E-state index is 10.9. The Labute approximate surface area is 131 Å². The van der Waals surface area contributed by atoms with E-state index in [4.69, 9.17) is 0 Å². The molecule has 0 fully saturated rings. The lowest BCUT2D eigenvalue weighted by Gasteiger charge is -2.06. The van der Waals surface area contributed by atoms with Gasteiger partial charge in [-0.15, -0.1) is 0 Å². The Morgan fingerprint density at radius 2 is 1.91 bits per heavy atom. The van der Waals surface area contributed by atoms with Crippen molar-refractivity contribution in [3.8, 4) is 11.3 Å². The van der Waals surface area contributed by atoms with Gasteiger partial charge < -0.3 is 5.32 Å². The zero-order valence-electron chi connectivity index (χ0n) is 12.9. The highest BCUT2D eigenvalue weighted by Crippen LogP contribution is 2.21. The summed E-state index contributed by atoms with van der Waals surface area (Å²) < 4.78 is 24.3. The van der Waals surface area contributed by atoms with Crippen molar-refractivity contribution in [2.45, 2.75) is 19.9 Å². The number of hydrogen-bond donors (Lipinski definition) is 3. The summed E-state index contributed by atoms with van der Waals surface area (Å²) in [5, 5.41) is 10.4. The molecule has 7 heteroatoms. The highest BCUT2D eigenvalue weighted by Gasteiger charge is 2.07. The van der Waals surface area contributed by atoms with Crippen LogP contribution >= 0.6 is 0 Å². The fourth-order valence-electron chi connectivity index (χ4n) is 2.11. The van der Waals surface area contributed by atoms with Crippen molar-refractivity contribution in [3.05, 3.63) is 41.6 Å². The van der Waals surface area contributed by atoms with Gasteiger partial charge in [0.2, 0.25) is 10.0 Å². The molecule has 0 saturated carbocycles. The summed E-state index contributed by atoms with van der Waals surface area (Å²) in [6.45, 7) is 3.94. The van der Waals surface area contributed by atoms with Crippen LogP contribution < -0.4 is 10.0 Å². The summed E-state index contributed by atoms with van der Waals surface area (Å²) in [5.74, 6) is 0. The number of nitrogens with zero attached hydrogens (tertiary/aromatic N) is 1. The van der Waals surface area contributed by atoms with Crippen molar-refractivity contribution in [1.82, 2.24) is 20.2 Å². The second-order valence-electron chi connectivity index (χ2n) is 5.33. The number of aromatic nitrogens is 2. The fraction of sp³-hybridized carbons (Fsp3) is 0.400. The number of rotatable bonds is 8. The van der Waals surface area contributed by atoms with Gasteiger partial charge in [-0.3, -0.25) is 5.10 Å². The van der Waals surface area contributed by atoms with Crippen molar-refractivity contribution in [2.75, 3.05) is 19.3 Å². The van der Waals surface area contributed by atoms with Crippen LogP contribution in [0.15, 0.2) is 30.5 Å². The normalized spacial score (nSPS) is 11.7. The summed E-state index contributed by atoms with van der Waals surface area (Å²) in [6, 6.07) is 8.29. The lowest BCUT2D eigenvalue weighted by molar-refractivity contribution is 0.579. The van der Waals surface area contributed by atoms with Crippen molar-refractivity contribution in [1.29, 1.82) is 0 Å². The molecule has 0 aliphatic rings. The fourth-order valence-corrected chi connectivity index (χ4v) is 2.62. The zero-order chi connectivity index (χ0) is 16.0. The number of sulfonamides is 1. The highest BCUT2D eigenvalue weighted by atomic mass is 32.2. The van der Waals surface area contributed by atoms with Crippen LogP contribution in [0.2, 0.25) is 0 Å². The van der Waals surface area contributed by atoms with Crippen LogP contribution in [0.25, 0.3) is 11.3 Å². The second kappa shape index (κ2) is 7.53. The van der Waals surface area contributed by atoms with Crippen LogP contribution in [0.1, 0.15) is 17.5 Å². The molecule has 1 aromatic heterocycles. The summed E-state index contributed by atoms with van der Waals surface area (Å²) in [5.41, 5.74) is 4.45. The first-order valence-corrected chi connectivity index (χ1v) is 9.09. The van der Waals surface area contributed by atoms with E-state index in [2.05, 4.69) is 51.4 Å². The molecule has 0 spiro atoms. The van der Waals surface area contributed by atoms with Gasteiger partial charge >= 0.3 is 0 Å². The molecule has 120 valence electrons. The van der Waals surface area contributed by atoms with E-state index in [1.165, 1.54) is 11.8 Å². The number of aromatic amines is 1. The molecule has 0 atom stereocenters. The molecule has 6 nitrogen and oxygen atoms in total. The van der Waals surface area contributed by atoms with Crippen LogP contribution in [0.4, 0.5) is 0 Å². The van der Waals surface area contributed by atoms with Crippen LogP contribution in [-0.4, -0.2) is 38.0 Å². The molecule has 0 amide bonds. The van der Waals surface area contributed by atoms with Crippen LogP contribution in [0.3, 0.4) is 0 Å². The van der Waals surface area contributed by atoms with Gasteiger partial charge in [-0.05, 0) is 25.5 Å². The van der Waals surface area contributed by atoms with E-state index in [9.17, 15) is 8.42 Å². The molecule has 2 rings (SSSR count). The third kappa shape index (κ3) is 5.25. The van der Waals surface area contributed by atoms with E-state index in [1.54, 1.807) is 0 Å². The lowest BCUT2D eigenvalue weighted by atomic mass is 10.1. The maximum Gasteiger partial charge on any atom is 0.208 e. The van der Waals surface area contributed by atoms with E-state index in [0.717, 1.165) is 29.8 Å². The predicted octanol–water partition coefficient (Wildman–Crippen LogP) is 1.41. The van der Waals surface area contributed by atoms with E-state index < -0.39 is 10.0 Å². The van der Waals surface area contributed by atoms with E-state index in [1.807, 2.05) is 6.20 Å². The van der Waals surface area contributed by atoms with Crippen molar-refractivity contribution < 1.29 is 8.42 Å². The average molecular weight is 322 g/mol. The Morgan fingerprint density at radius 3 is 2.59 bits per heavy atom. The summed E-state index contributed by atoms with van der Waals surface area (Å²) >= 11 is 0. The van der Waals surface area contributed by atoms with Gasteiger partial charge in [0, 0.05) is 18.7 Å². The molecule has 1 aromatic carbocycles. The SMILES string of the molecule is Cc1ccc(-c2[nH]ncc2CNCCCNS(C)(=O)=O)cc1. The minimum atomic E-state index is -3.09. The summed E-state index contributed by atoms with van der Waals surface area (Å²) in [6.07, 6.45) is 3.72. The first kappa shape index (κ1) is 16.7. The van der Waals surface area contributed by atoms with Gasteiger partial charge in [0.15, 0.2) is 0 Å². The lowest BCUT2D eigenvalue weighted by Crippen LogP contribution is -2.26. The van der Waals surface area contributed by atoms with E-state index in [0.29, 0.717) is 13.1 Å². The van der Waals surface area contributed by atoms with Crippen LogP contribution in [-0.2, 0) is 16.6 Å². The molecule has 0 radical (unpaired) electrons. The quantitative estimate of drug-likeness (QED) is 0.641. The zero-order valence-corrected chi connectivity index (χ0v) is 13.7. The number of hydrogen-bond acceptors (Lipinski definition) is 4. The van der Waals surface area contributed by atoms with Gasteiger partial charge in [-0.2, -0.15) is 5.10 Å². The first-order valence-electron chi connectivity index (χ1n) is 7.20. The van der Waals surface area contributed by atoms with E-state index in [-0.39, 0.29) is 0 Å². The molecule has 3 N–H and O–H groups in total. The Kier molecular flexibility index (Phi) is 5.70. The second-order valence-corrected chi connectivity index (χ2v) is 7.17. The Bertz CT molecular complexity index is 693. The van der Waals surface area contributed by atoms with Crippen LogP contribution in [0, 0.1) is 6.92 Å². The number of aryl methyl sites for hydroxylation is 1. The molecule has 22 heavy (non-hydrogen) atoms. The van der Waals surface area contributed by atoms with Gasteiger partial charge in [-0.1, -0.05) is 29.8 Å². The number of H-pyrrole nitrogens is 1. The van der Waals surface area contributed by atoms with Gasteiger partial charge in [0.1, 0.15) is 0 Å². The van der Waals surface area contributed by atoms with Gasteiger partial charge in [0.25, 0.3) is 0 Å². The molecular weight excluding hydrogens is 300 g/mol. The van der Waals surface area contributed by atoms with E-state index >= 15 is 0 Å². The third-order valence-electron chi connectivity index (χ3n) is 3.27. The Balaban J connectivity index is 1.82. The number of benzene rings is 1. The molecular formula is C15H22N4O2S. The monoisotopic (exact) mass is 322 g/mol. The minimum Gasteiger partial charge on any atom is -0.312 e. The topological polar surface area (TPSA) is 86.9 Å². The summed E-state index contributed by atoms with van der Waals surface area (Å²) in [7, 11) is -3.09. The third-order valence-corrected chi connectivity index (χ3v) is 4.00.